The molecule has 0 spiro atoms. The molecule has 0 saturated carbocycles. The van der Waals surface area contributed by atoms with Gasteiger partial charge in [0.2, 0.25) is 0 Å². The van der Waals surface area contributed by atoms with Crippen LogP contribution in [0.2, 0.25) is 0 Å². The molecule has 2 atom stereocenters. The average Bonchev–Trinajstić information content (AvgIpc) is 2.36. The van der Waals surface area contributed by atoms with Gasteiger partial charge in [-0.25, -0.2) is 0 Å². The Labute approximate surface area is 131 Å². The highest BCUT2D eigenvalue weighted by Gasteiger charge is 2.29. The maximum absolute atomic E-state index is 11.7. The normalized spacial score (nSPS) is 14.5. The number of rotatable bonds is 9. The minimum atomic E-state index is -0.920. The molecule has 0 N–H and O–H groups in total. The topological polar surface area (TPSA) is 52.6 Å². The Hall–Kier alpha value is -0.480. The second kappa shape index (κ2) is 9.46. The Morgan fingerprint density at radius 2 is 1.45 bits per heavy atom. The van der Waals surface area contributed by atoms with Crippen LogP contribution in [-0.2, 0) is 19.1 Å². The minimum Gasteiger partial charge on any atom is -0.460 e. The zero-order valence-electron chi connectivity index (χ0n) is 12.6. The van der Waals surface area contributed by atoms with Crippen molar-refractivity contribution in [2.24, 2.45) is 0 Å². The predicted octanol–water partition coefficient (Wildman–Crippen LogP) is 3.67. The highest BCUT2D eigenvalue weighted by atomic mass is 35.5. The number of halogens is 2. The number of alkyl halides is 2. The summed E-state index contributed by atoms with van der Waals surface area (Å²) in [7, 11) is 0. The minimum absolute atomic E-state index is 0.0414. The Balaban J connectivity index is 4.25. The van der Waals surface area contributed by atoms with Crippen LogP contribution in [0, 0.1) is 0 Å². The van der Waals surface area contributed by atoms with E-state index in [1.54, 1.807) is 13.8 Å². The van der Waals surface area contributed by atoms with E-state index in [2.05, 4.69) is 0 Å². The van der Waals surface area contributed by atoms with Crippen LogP contribution >= 0.6 is 23.2 Å². The van der Waals surface area contributed by atoms with Crippen LogP contribution in [0.15, 0.2) is 0 Å². The van der Waals surface area contributed by atoms with Gasteiger partial charge in [0.05, 0.1) is 0 Å². The first-order chi connectivity index (χ1) is 9.23. The van der Waals surface area contributed by atoms with E-state index < -0.39 is 28.3 Å². The van der Waals surface area contributed by atoms with Crippen LogP contribution in [0.5, 0.6) is 0 Å². The van der Waals surface area contributed by atoms with Crippen molar-refractivity contribution >= 4 is 35.1 Å². The number of carbonyl (C=O) groups is 2. The summed E-state index contributed by atoms with van der Waals surface area (Å²) in [4.78, 5) is 23.3. The highest BCUT2D eigenvalue weighted by molar-refractivity contribution is 6.30. The van der Waals surface area contributed by atoms with Gasteiger partial charge in [-0.05, 0) is 26.7 Å². The Morgan fingerprint density at radius 1 is 1.00 bits per heavy atom. The Kier molecular flexibility index (Phi) is 9.23. The summed E-state index contributed by atoms with van der Waals surface area (Å²) in [5, 5.41) is -1.33. The van der Waals surface area contributed by atoms with Crippen molar-refractivity contribution in [3.8, 4) is 0 Å². The van der Waals surface area contributed by atoms with E-state index in [0.717, 1.165) is 12.8 Å². The number of carbonyl (C=O) groups excluding carboxylic acids is 2. The van der Waals surface area contributed by atoms with Crippen molar-refractivity contribution in [2.45, 2.75) is 69.7 Å². The molecule has 2 unspecified atom stereocenters. The van der Waals surface area contributed by atoms with Gasteiger partial charge in [0.15, 0.2) is 0 Å². The number of ether oxygens (including phenoxy) is 2. The van der Waals surface area contributed by atoms with Crippen molar-refractivity contribution in [1.29, 1.82) is 0 Å². The molecular weight excluding hydrogens is 303 g/mol. The van der Waals surface area contributed by atoms with Gasteiger partial charge in [0.25, 0.3) is 0 Å². The maximum Gasteiger partial charge on any atom is 0.324 e. The first kappa shape index (κ1) is 19.5. The summed E-state index contributed by atoms with van der Waals surface area (Å²) in [6, 6.07) is 0. The van der Waals surface area contributed by atoms with Crippen LogP contribution in [0.3, 0.4) is 0 Å². The van der Waals surface area contributed by atoms with Gasteiger partial charge in [0, 0.05) is 0 Å². The van der Waals surface area contributed by atoms with Crippen molar-refractivity contribution < 1.29 is 19.1 Å². The SMILES string of the molecule is CCCC(Cl)C(=O)OCC(C)(C)OC(=O)C(Cl)CCC. The summed E-state index contributed by atoms with van der Waals surface area (Å²) in [6.07, 6.45) is 2.70. The molecule has 118 valence electrons. The van der Waals surface area contributed by atoms with Crippen molar-refractivity contribution in [1.82, 2.24) is 0 Å². The van der Waals surface area contributed by atoms with E-state index in [0.29, 0.717) is 12.8 Å². The van der Waals surface area contributed by atoms with E-state index in [1.807, 2.05) is 13.8 Å². The van der Waals surface area contributed by atoms with Gasteiger partial charge in [-0.3, -0.25) is 9.59 Å². The zero-order valence-corrected chi connectivity index (χ0v) is 14.1. The molecular formula is C14H24Cl2O4. The molecule has 0 aliphatic heterocycles. The van der Waals surface area contributed by atoms with Crippen molar-refractivity contribution in [2.75, 3.05) is 6.61 Å². The van der Waals surface area contributed by atoms with E-state index >= 15 is 0 Å². The van der Waals surface area contributed by atoms with Gasteiger partial charge in [-0.1, -0.05) is 26.7 Å². The van der Waals surface area contributed by atoms with Crippen molar-refractivity contribution in [3.63, 3.8) is 0 Å². The Morgan fingerprint density at radius 3 is 1.90 bits per heavy atom. The summed E-state index contributed by atoms with van der Waals surface area (Å²) in [6.45, 7) is 7.15. The smallest absolute Gasteiger partial charge is 0.324 e. The van der Waals surface area contributed by atoms with Crippen LogP contribution in [0.25, 0.3) is 0 Å². The molecule has 0 saturated heterocycles. The molecule has 0 radical (unpaired) electrons. The first-order valence-corrected chi connectivity index (χ1v) is 7.78. The predicted molar refractivity (Wildman–Crippen MR) is 80.2 cm³/mol. The standard InChI is InChI=1S/C14H24Cl2O4/c1-5-7-10(15)12(17)19-9-14(3,4)20-13(18)11(16)8-6-2/h10-11H,5-9H2,1-4H3. The average molecular weight is 327 g/mol. The second-order valence-corrected chi connectivity index (χ2v) is 6.35. The molecule has 0 rings (SSSR count). The van der Waals surface area contributed by atoms with Crippen LogP contribution in [-0.4, -0.2) is 34.9 Å². The van der Waals surface area contributed by atoms with Crippen LogP contribution in [0.4, 0.5) is 0 Å². The zero-order chi connectivity index (χ0) is 15.8. The third-order valence-corrected chi connectivity index (χ3v) is 3.33. The van der Waals surface area contributed by atoms with Gasteiger partial charge >= 0.3 is 11.9 Å². The molecule has 0 fully saturated rings. The van der Waals surface area contributed by atoms with Crippen molar-refractivity contribution in [3.05, 3.63) is 0 Å². The summed E-state index contributed by atoms with van der Waals surface area (Å²) >= 11 is 11.7. The van der Waals surface area contributed by atoms with Crippen LogP contribution < -0.4 is 0 Å². The van der Waals surface area contributed by atoms with E-state index in [1.165, 1.54) is 0 Å². The lowest BCUT2D eigenvalue weighted by Crippen LogP contribution is -2.38. The fraction of sp³-hybridized carbons (Fsp3) is 0.857. The van der Waals surface area contributed by atoms with Gasteiger partial charge in [0.1, 0.15) is 23.0 Å². The van der Waals surface area contributed by atoms with Gasteiger partial charge < -0.3 is 9.47 Å². The third-order valence-electron chi connectivity index (χ3n) is 2.53. The second-order valence-electron chi connectivity index (χ2n) is 5.30. The lowest BCUT2D eigenvalue weighted by molar-refractivity contribution is -0.168. The Bertz CT molecular complexity index is 318. The molecule has 0 aliphatic carbocycles. The summed E-state index contributed by atoms with van der Waals surface area (Å²) in [5.41, 5.74) is -0.920. The molecule has 0 aromatic heterocycles. The quantitative estimate of drug-likeness (QED) is 0.479. The van der Waals surface area contributed by atoms with Gasteiger partial charge in [-0.15, -0.1) is 23.2 Å². The highest BCUT2D eigenvalue weighted by Crippen LogP contribution is 2.17. The number of esters is 2. The van der Waals surface area contributed by atoms with E-state index in [9.17, 15) is 9.59 Å². The largest absolute Gasteiger partial charge is 0.460 e. The van der Waals surface area contributed by atoms with E-state index in [-0.39, 0.29) is 6.61 Å². The fourth-order valence-electron chi connectivity index (χ4n) is 1.44. The lowest BCUT2D eigenvalue weighted by atomic mass is 10.1. The molecule has 6 heteroatoms. The number of hydrogen-bond acceptors (Lipinski definition) is 4. The molecule has 0 aliphatic rings. The number of hydrogen-bond donors (Lipinski definition) is 0. The molecule has 0 bridgehead atoms. The summed E-state index contributed by atoms with van der Waals surface area (Å²) in [5.74, 6) is -0.987. The van der Waals surface area contributed by atoms with E-state index in [4.69, 9.17) is 32.7 Å². The molecule has 0 amide bonds. The van der Waals surface area contributed by atoms with Gasteiger partial charge in [-0.2, -0.15) is 0 Å². The monoisotopic (exact) mass is 326 g/mol. The first-order valence-electron chi connectivity index (χ1n) is 6.91. The third kappa shape index (κ3) is 7.95. The molecule has 0 aromatic rings. The fourth-order valence-corrected chi connectivity index (χ4v) is 1.99. The molecule has 0 aromatic carbocycles. The molecule has 20 heavy (non-hydrogen) atoms. The molecule has 4 nitrogen and oxygen atoms in total. The molecule has 0 heterocycles. The lowest BCUT2D eigenvalue weighted by Gasteiger charge is -2.26. The van der Waals surface area contributed by atoms with Crippen LogP contribution in [0.1, 0.15) is 53.4 Å². The maximum atomic E-state index is 11.7. The summed E-state index contributed by atoms with van der Waals surface area (Å²) < 4.78 is 10.3.